The number of hydrogen-bond donors (Lipinski definition) is 2. The third-order valence-electron chi connectivity index (χ3n) is 4.05. The minimum Gasteiger partial charge on any atom is -0.444 e. The van der Waals surface area contributed by atoms with Crippen LogP contribution in [0.15, 0.2) is 0 Å². The van der Waals surface area contributed by atoms with Gasteiger partial charge in [0.1, 0.15) is 5.60 Å². The summed E-state index contributed by atoms with van der Waals surface area (Å²) < 4.78 is 5.44. The van der Waals surface area contributed by atoms with Gasteiger partial charge in [-0.25, -0.2) is 4.79 Å². The van der Waals surface area contributed by atoms with E-state index in [1.807, 2.05) is 48.5 Å². The van der Waals surface area contributed by atoms with Gasteiger partial charge in [0.25, 0.3) is 0 Å². The molecular weight excluding hydrogens is 268 g/mol. The molecule has 0 bridgehead atoms. The standard InChI is InChI=1S/C16H32N2O3/c1-11-10-13(17-12(2)16(6,7)20)8-9-18(11)14(19)21-15(3,4)5/h11-13,17,20H,8-10H2,1-7H3. The number of hydrogen-bond acceptors (Lipinski definition) is 4. The molecule has 0 aliphatic carbocycles. The Kier molecular flexibility index (Phi) is 5.67. The van der Waals surface area contributed by atoms with Gasteiger partial charge in [-0.2, -0.15) is 0 Å². The maximum Gasteiger partial charge on any atom is 0.410 e. The Morgan fingerprint density at radius 1 is 1.33 bits per heavy atom. The van der Waals surface area contributed by atoms with Crippen molar-refractivity contribution in [2.24, 2.45) is 0 Å². The molecule has 0 aromatic carbocycles. The van der Waals surface area contributed by atoms with E-state index in [0.29, 0.717) is 12.6 Å². The van der Waals surface area contributed by atoms with Crippen LogP contribution in [0, 0.1) is 0 Å². The van der Waals surface area contributed by atoms with Crippen molar-refractivity contribution in [1.29, 1.82) is 0 Å². The largest absolute Gasteiger partial charge is 0.444 e. The Morgan fingerprint density at radius 2 is 1.90 bits per heavy atom. The molecule has 1 heterocycles. The fourth-order valence-corrected chi connectivity index (χ4v) is 2.47. The van der Waals surface area contributed by atoms with E-state index in [1.165, 1.54) is 0 Å². The van der Waals surface area contributed by atoms with Crippen LogP contribution in [-0.2, 0) is 4.74 Å². The molecule has 1 aliphatic rings. The van der Waals surface area contributed by atoms with Crippen molar-refractivity contribution in [3.05, 3.63) is 0 Å². The summed E-state index contributed by atoms with van der Waals surface area (Å²) in [5, 5.41) is 13.5. The van der Waals surface area contributed by atoms with Crippen LogP contribution < -0.4 is 5.32 Å². The van der Waals surface area contributed by atoms with Crippen LogP contribution in [0.25, 0.3) is 0 Å². The van der Waals surface area contributed by atoms with Gasteiger partial charge in [0.15, 0.2) is 0 Å². The Morgan fingerprint density at radius 3 is 2.33 bits per heavy atom. The lowest BCUT2D eigenvalue weighted by Gasteiger charge is -2.40. The second kappa shape index (κ2) is 6.53. The molecule has 2 N–H and O–H groups in total. The molecule has 3 atom stereocenters. The van der Waals surface area contributed by atoms with Crippen LogP contribution in [-0.4, -0.2) is 52.0 Å². The summed E-state index contributed by atoms with van der Waals surface area (Å²) in [4.78, 5) is 14.0. The van der Waals surface area contributed by atoms with Gasteiger partial charge in [0.05, 0.1) is 5.60 Å². The second-order valence-corrected chi connectivity index (χ2v) is 7.79. The molecule has 1 rings (SSSR count). The lowest BCUT2D eigenvalue weighted by molar-refractivity contribution is 0.00390. The second-order valence-electron chi connectivity index (χ2n) is 7.79. The van der Waals surface area contributed by atoms with Crippen molar-refractivity contribution in [3.63, 3.8) is 0 Å². The molecule has 1 fully saturated rings. The maximum absolute atomic E-state index is 12.2. The number of carbonyl (C=O) groups is 1. The smallest absolute Gasteiger partial charge is 0.410 e. The first kappa shape index (κ1) is 18.2. The number of piperidine rings is 1. The van der Waals surface area contributed by atoms with E-state index in [2.05, 4.69) is 5.32 Å². The third-order valence-corrected chi connectivity index (χ3v) is 4.05. The number of likely N-dealkylation sites (tertiary alicyclic amines) is 1. The highest BCUT2D eigenvalue weighted by Gasteiger charge is 2.33. The molecule has 0 aromatic heterocycles. The lowest BCUT2D eigenvalue weighted by atomic mass is 9.94. The Labute approximate surface area is 129 Å². The van der Waals surface area contributed by atoms with Crippen molar-refractivity contribution >= 4 is 6.09 Å². The first-order chi connectivity index (χ1) is 9.40. The normalized spacial score (nSPS) is 25.6. The molecule has 5 heteroatoms. The van der Waals surface area contributed by atoms with E-state index in [-0.39, 0.29) is 18.2 Å². The van der Waals surface area contributed by atoms with Crippen LogP contribution in [0.5, 0.6) is 0 Å². The molecule has 5 nitrogen and oxygen atoms in total. The van der Waals surface area contributed by atoms with E-state index in [9.17, 15) is 9.90 Å². The zero-order valence-electron chi connectivity index (χ0n) is 14.6. The Balaban J connectivity index is 2.53. The summed E-state index contributed by atoms with van der Waals surface area (Å²) in [5.41, 5.74) is -1.20. The summed E-state index contributed by atoms with van der Waals surface area (Å²) in [7, 11) is 0. The van der Waals surface area contributed by atoms with Crippen LogP contribution in [0.2, 0.25) is 0 Å². The Hall–Kier alpha value is -0.810. The molecule has 0 radical (unpaired) electrons. The molecule has 1 aliphatic heterocycles. The average molecular weight is 300 g/mol. The first-order valence-electron chi connectivity index (χ1n) is 7.88. The monoisotopic (exact) mass is 300 g/mol. The number of ether oxygens (including phenoxy) is 1. The van der Waals surface area contributed by atoms with Gasteiger partial charge in [-0.3, -0.25) is 0 Å². The van der Waals surface area contributed by atoms with Gasteiger partial charge in [0.2, 0.25) is 0 Å². The number of amides is 1. The Bertz CT molecular complexity index is 358. The summed E-state index contributed by atoms with van der Waals surface area (Å²) in [6, 6.07) is 0.475. The zero-order chi connectivity index (χ0) is 16.4. The minimum atomic E-state index is -0.745. The molecule has 124 valence electrons. The van der Waals surface area contributed by atoms with Crippen LogP contribution in [0.4, 0.5) is 4.79 Å². The minimum absolute atomic E-state index is 0.0165. The van der Waals surface area contributed by atoms with Gasteiger partial charge in [-0.15, -0.1) is 0 Å². The maximum atomic E-state index is 12.2. The van der Waals surface area contributed by atoms with Crippen molar-refractivity contribution in [2.45, 2.75) is 90.6 Å². The molecular formula is C16H32N2O3. The number of nitrogens with one attached hydrogen (secondary N) is 1. The number of aliphatic hydroxyl groups is 1. The number of rotatable bonds is 3. The van der Waals surface area contributed by atoms with E-state index in [1.54, 1.807) is 4.90 Å². The highest BCUT2D eigenvalue weighted by Crippen LogP contribution is 2.22. The van der Waals surface area contributed by atoms with Gasteiger partial charge in [-0.1, -0.05) is 0 Å². The zero-order valence-corrected chi connectivity index (χ0v) is 14.6. The fourth-order valence-electron chi connectivity index (χ4n) is 2.47. The summed E-state index contributed by atoms with van der Waals surface area (Å²) in [5.74, 6) is 0. The van der Waals surface area contributed by atoms with Crippen molar-refractivity contribution in [1.82, 2.24) is 10.2 Å². The van der Waals surface area contributed by atoms with Gasteiger partial charge in [-0.05, 0) is 61.3 Å². The van der Waals surface area contributed by atoms with Crippen LogP contribution in [0.3, 0.4) is 0 Å². The third kappa shape index (κ3) is 5.83. The number of carbonyl (C=O) groups excluding carboxylic acids is 1. The topological polar surface area (TPSA) is 61.8 Å². The summed E-state index contributed by atoms with van der Waals surface area (Å²) >= 11 is 0. The quantitative estimate of drug-likeness (QED) is 0.841. The van der Waals surface area contributed by atoms with E-state index >= 15 is 0 Å². The first-order valence-corrected chi connectivity index (χ1v) is 7.88. The van der Waals surface area contributed by atoms with Gasteiger partial charge < -0.3 is 20.1 Å². The predicted molar refractivity (Wildman–Crippen MR) is 84.3 cm³/mol. The molecule has 1 amide bonds. The SMILES string of the molecule is CC1CC(NC(C)C(C)(C)O)CCN1C(=O)OC(C)(C)C. The highest BCUT2D eigenvalue weighted by atomic mass is 16.6. The average Bonchev–Trinajstić information content (AvgIpc) is 2.24. The van der Waals surface area contributed by atoms with Gasteiger partial charge in [0, 0.05) is 24.7 Å². The summed E-state index contributed by atoms with van der Waals surface area (Å²) in [6.45, 7) is 14.0. The number of nitrogens with zero attached hydrogens (tertiary/aromatic N) is 1. The predicted octanol–water partition coefficient (Wildman–Crippen LogP) is 2.52. The van der Waals surface area contributed by atoms with Gasteiger partial charge >= 0.3 is 6.09 Å². The van der Waals surface area contributed by atoms with Crippen LogP contribution >= 0.6 is 0 Å². The molecule has 3 unspecified atom stereocenters. The van der Waals surface area contributed by atoms with Crippen molar-refractivity contribution < 1.29 is 14.6 Å². The summed E-state index contributed by atoms with van der Waals surface area (Å²) in [6.07, 6.45) is 1.52. The molecule has 0 spiro atoms. The molecule has 1 saturated heterocycles. The molecule has 21 heavy (non-hydrogen) atoms. The van der Waals surface area contributed by atoms with E-state index < -0.39 is 11.2 Å². The molecule has 0 aromatic rings. The highest BCUT2D eigenvalue weighted by molar-refractivity contribution is 5.68. The van der Waals surface area contributed by atoms with Crippen LogP contribution in [0.1, 0.15) is 61.3 Å². The van der Waals surface area contributed by atoms with Crippen molar-refractivity contribution in [3.8, 4) is 0 Å². The van der Waals surface area contributed by atoms with E-state index in [4.69, 9.17) is 4.74 Å². The molecule has 0 saturated carbocycles. The van der Waals surface area contributed by atoms with Crippen molar-refractivity contribution in [2.75, 3.05) is 6.54 Å². The van der Waals surface area contributed by atoms with E-state index in [0.717, 1.165) is 12.8 Å². The lowest BCUT2D eigenvalue weighted by Crippen LogP contribution is -2.55. The fraction of sp³-hybridized carbons (Fsp3) is 0.938.